The van der Waals surface area contributed by atoms with Gasteiger partial charge in [-0.1, -0.05) is 5.92 Å². The van der Waals surface area contributed by atoms with Gasteiger partial charge in [0.2, 0.25) is 0 Å². The van der Waals surface area contributed by atoms with E-state index in [0.717, 1.165) is 0 Å². The Kier molecular flexibility index (Phi) is 3.35. The molecule has 1 rings (SSSR count). The highest BCUT2D eigenvalue weighted by Crippen LogP contribution is 2.22. The van der Waals surface area contributed by atoms with Crippen molar-refractivity contribution in [2.45, 2.75) is 0 Å². The first-order valence-corrected chi connectivity index (χ1v) is 4.13. The Bertz CT molecular complexity index is 476. The highest BCUT2D eigenvalue weighted by Gasteiger charge is 2.08. The fourth-order valence-electron chi connectivity index (χ4n) is 1.08. The van der Waals surface area contributed by atoms with E-state index in [-0.39, 0.29) is 11.4 Å². The van der Waals surface area contributed by atoms with Crippen LogP contribution in [0.5, 0.6) is 0 Å². The van der Waals surface area contributed by atoms with E-state index in [2.05, 4.69) is 11.2 Å². The van der Waals surface area contributed by atoms with Crippen molar-refractivity contribution in [1.82, 2.24) is 0 Å². The summed E-state index contributed by atoms with van der Waals surface area (Å²) in [5.74, 6) is 2.31. The highest BCUT2D eigenvalue weighted by atomic mass is 16.4. The summed E-state index contributed by atoms with van der Waals surface area (Å²) in [6, 6.07) is 4.24. The van der Waals surface area contributed by atoms with Crippen LogP contribution in [0, 0.1) is 12.3 Å². The van der Waals surface area contributed by atoms with Crippen molar-refractivity contribution < 1.29 is 19.8 Å². The molecule has 0 spiro atoms. The number of rotatable bonds is 2. The summed E-state index contributed by atoms with van der Waals surface area (Å²) in [4.78, 5) is 20.9. The van der Waals surface area contributed by atoms with Crippen molar-refractivity contribution >= 4 is 23.6 Å². The van der Waals surface area contributed by atoms with Crippen LogP contribution in [0.3, 0.4) is 0 Å². The minimum absolute atomic E-state index is 0.0883. The second kappa shape index (κ2) is 4.70. The number of hydrogen-bond donors (Lipinski definition) is 4. The van der Waals surface area contributed by atoms with Gasteiger partial charge in [-0.2, -0.15) is 0 Å². The largest absolute Gasteiger partial charge is 0.465 e. The zero-order valence-electron chi connectivity index (χ0n) is 8.02. The van der Waals surface area contributed by atoms with Crippen LogP contribution in [0.4, 0.5) is 21.0 Å². The number of carbonyl (C=O) groups is 2. The molecule has 1 aromatic rings. The van der Waals surface area contributed by atoms with E-state index in [0.29, 0.717) is 5.56 Å². The molecule has 2 amide bonds. The molecule has 1 aromatic carbocycles. The second-order valence-electron chi connectivity index (χ2n) is 2.77. The lowest BCUT2D eigenvalue weighted by Gasteiger charge is -2.08. The Labute approximate surface area is 90.9 Å². The molecule has 82 valence electrons. The van der Waals surface area contributed by atoms with Crippen LogP contribution >= 0.6 is 0 Å². The van der Waals surface area contributed by atoms with E-state index >= 15 is 0 Å². The number of nitrogens with one attached hydrogen (secondary N) is 2. The topological polar surface area (TPSA) is 98.7 Å². The normalized spacial score (nSPS) is 8.94. The monoisotopic (exact) mass is 220 g/mol. The zero-order chi connectivity index (χ0) is 12.1. The smallest absolute Gasteiger partial charge is 0.409 e. The van der Waals surface area contributed by atoms with Crippen LogP contribution in [-0.4, -0.2) is 22.4 Å². The SMILES string of the molecule is C#Cc1ccc(NC(=O)O)c(NC(=O)O)c1. The Balaban J connectivity index is 3.11. The van der Waals surface area contributed by atoms with Gasteiger partial charge in [-0.05, 0) is 18.2 Å². The van der Waals surface area contributed by atoms with Gasteiger partial charge in [0.15, 0.2) is 0 Å². The predicted octanol–water partition coefficient (Wildman–Crippen LogP) is 1.85. The third-order valence-electron chi connectivity index (χ3n) is 1.67. The van der Waals surface area contributed by atoms with Crippen molar-refractivity contribution in [3.05, 3.63) is 23.8 Å². The van der Waals surface area contributed by atoms with E-state index in [9.17, 15) is 9.59 Å². The predicted molar refractivity (Wildman–Crippen MR) is 57.7 cm³/mol. The molecule has 0 heterocycles. The Hall–Kier alpha value is -2.68. The van der Waals surface area contributed by atoms with Crippen LogP contribution in [0.2, 0.25) is 0 Å². The molecule has 0 saturated carbocycles. The van der Waals surface area contributed by atoms with Crippen LogP contribution in [0.15, 0.2) is 18.2 Å². The first-order chi connectivity index (χ1) is 7.52. The molecule has 0 aliphatic rings. The van der Waals surface area contributed by atoms with Crippen molar-refractivity contribution in [1.29, 1.82) is 0 Å². The Morgan fingerprint density at radius 3 is 2.19 bits per heavy atom. The van der Waals surface area contributed by atoms with E-state index in [4.69, 9.17) is 16.6 Å². The van der Waals surface area contributed by atoms with Crippen molar-refractivity contribution in [2.24, 2.45) is 0 Å². The van der Waals surface area contributed by atoms with Gasteiger partial charge in [0.05, 0.1) is 11.4 Å². The van der Waals surface area contributed by atoms with Crippen molar-refractivity contribution in [2.75, 3.05) is 10.6 Å². The number of benzene rings is 1. The fraction of sp³-hybridized carbons (Fsp3) is 0. The van der Waals surface area contributed by atoms with Gasteiger partial charge in [0, 0.05) is 5.56 Å². The highest BCUT2D eigenvalue weighted by molar-refractivity contribution is 5.94. The maximum atomic E-state index is 10.5. The van der Waals surface area contributed by atoms with Gasteiger partial charge in [-0.15, -0.1) is 6.42 Å². The Morgan fingerprint density at radius 2 is 1.69 bits per heavy atom. The lowest BCUT2D eigenvalue weighted by molar-refractivity contribution is 0.208. The molecule has 0 fully saturated rings. The van der Waals surface area contributed by atoms with Gasteiger partial charge < -0.3 is 10.2 Å². The molecule has 6 nitrogen and oxygen atoms in total. The van der Waals surface area contributed by atoms with Crippen LogP contribution in [0.25, 0.3) is 0 Å². The summed E-state index contributed by atoms with van der Waals surface area (Å²) >= 11 is 0. The quantitative estimate of drug-likeness (QED) is 0.571. The van der Waals surface area contributed by atoms with E-state index in [1.807, 2.05) is 5.32 Å². The van der Waals surface area contributed by atoms with Crippen LogP contribution in [-0.2, 0) is 0 Å². The van der Waals surface area contributed by atoms with Gasteiger partial charge >= 0.3 is 12.2 Å². The van der Waals surface area contributed by atoms with Crippen LogP contribution in [0.1, 0.15) is 5.56 Å². The van der Waals surface area contributed by atoms with Crippen molar-refractivity contribution in [3.8, 4) is 12.3 Å². The molecule has 0 aliphatic heterocycles. The van der Waals surface area contributed by atoms with Gasteiger partial charge in [-0.25, -0.2) is 9.59 Å². The molecule has 0 unspecified atom stereocenters. The van der Waals surface area contributed by atoms with E-state index < -0.39 is 12.2 Å². The summed E-state index contributed by atoms with van der Waals surface area (Å²) in [5, 5.41) is 21.2. The van der Waals surface area contributed by atoms with Crippen molar-refractivity contribution in [3.63, 3.8) is 0 Å². The lowest BCUT2D eigenvalue weighted by atomic mass is 10.2. The first-order valence-electron chi connectivity index (χ1n) is 4.13. The number of carboxylic acid groups (broad SMARTS) is 2. The molecule has 4 N–H and O–H groups in total. The first kappa shape index (κ1) is 11.4. The van der Waals surface area contributed by atoms with Gasteiger partial charge in [0.1, 0.15) is 0 Å². The molecule has 0 aromatic heterocycles. The molecule has 0 aliphatic carbocycles. The van der Waals surface area contributed by atoms with Gasteiger partial charge in [-0.3, -0.25) is 10.6 Å². The average molecular weight is 220 g/mol. The minimum Gasteiger partial charge on any atom is -0.465 e. The fourth-order valence-corrected chi connectivity index (χ4v) is 1.08. The molecule has 0 saturated heterocycles. The average Bonchev–Trinajstić information content (AvgIpc) is 2.19. The molecule has 6 heteroatoms. The standard InChI is InChI=1S/C10H8N2O4/c1-2-6-3-4-7(11-9(13)14)8(5-6)12-10(15)16/h1,3-5,11-12H,(H,13,14)(H,15,16). The van der Waals surface area contributed by atoms with Crippen LogP contribution < -0.4 is 10.6 Å². The maximum Gasteiger partial charge on any atom is 0.409 e. The number of terminal acetylenes is 1. The van der Waals surface area contributed by atoms with E-state index in [1.54, 1.807) is 0 Å². The summed E-state index contributed by atoms with van der Waals surface area (Å²) in [5.41, 5.74) is 0.652. The minimum atomic E-state index is -1.30. The molecular weight excluding hydrogens is 212 g/mol. The maximum absolute atomic E-state index is 10.5. The molecule has 0 bridgehead atoms. The second-order valence-corrected chi connectivity index (χ2v) is 2.77. The zero-order valence-corrected chi connectivity index (χ0v) is 8.02. The molecular formula is C10H8N2O4. The molecule has 16 heavy (non-hydrogen) atoms. The number of anilines is 2. The molecule has 0 atom stereocenters. The summed E-state index contributed by atoms with van der Waals surface area (Å²) in [6.07, 6.45) is 2.55. The number of hydrogen-bond acceptors (Lipinski definition) is 2. The third kappa shape index (κ3) is 2.92. The molecule has 0 radical (unpaired) electrons. The summed E-state index contributed by atoms with van der Waals surface area (Å²) in [7, 11) is 0. The number of amides is 2. The Morgan fingerprint density at radius 1 is 1.12 bits per heavy atom. The summed E-state index contributed by atoms with van der Waals surface area (Å²) in [6.45, 7) is 0. The van der Waals surface area contributed by atoms with Gasteiger partial charge in [0.25, 0.3) is 0 Å². The van der Waals surface area contributed by atoms with E-state index in [1.165, 1.54) is 18.2 Å². The lowest BCUT2D eigenvalue weighted by Crippen LogP contribution is -2.13. The third-order valence-corrected chi connectivity index (χ3v) is 1.67. The summed E-state index contributed by atoms with van der Waals surface area (Å²) < 4.78 is 0.